The van der Waals surface area contributed by atoms with Crippen molar-refractivity contribution < 1.29 is 15.0 Å². The molecule has 88 valence electrons. The molecule has 0 bridgehead atoms. The molecule has 0 spiro atoms. The second-order valence-electron chi connectivity index (χ2n) is 4.16. The van der Waals surface area contributed by atoms with Crippen LogP contribution in [0.5, 0.6) is 5.75 Å². The molecule has 2 N–H and O–H groups in total. The predicted octanol–water partition coefficient (Wildman–Crippen LogP) is 3.47. The summed E-state index contributed by atoms with van der Waals surface area (Å²) in [5.41, 5.74) is 1.46. The SMILES string of the molecule is CC(C)c1cc(Br)c(O)c(C(C)C(=O)O)c1. The van der Waals surface area contributed by atoms with E-state index < -0.39 is 11.9 Å². The molecule has 0 aliphatic rings. The van der Waals surface area contributed by atoms with Crippen molar-refractivity contribution in [2.24, 2.45) is 0 Å². The maximum atomic E-state index is 10.9. The van der Waals surface area contributed by atoms with E-state index >= 15 is 0 Å². The largest absolute Gasteiger partial charge is 0.506 e. The Labute approximate surface area is 103 Å². The first-order valence-electron chi connectivity index (χ1n) is 5.09. The number of hydrogen-bond donors (Lipinski definition) is 2. The van der Waals surface area contributed by atoms with Gasteiger partial charge in [-0.25, -0.2) is 0 Å². The zero-order chi connectivity index (χ0) is 12.5. The van der Waals surface area contributed by atoms with Gasteiger partial charge in [0.25, 0.3) is 0 Å². The molecule has 1 rings (SSSR count). The van der Waals surface area contributed by atoms with Crippen molar-refractivity contribution in [1.82, 2.24) is 0 Å². The van der Waals surface area contributed by atoms with Crippen molar-refractivity contribution in [3.05, 3.63) is 27.7 Å². The molecule has 3 nitrogen and oxygen atoms in total. The standard InChI is InChI=1S/C12H15BrO3/c1-6(2)8-4-9(7(3)12(15)16)11(14)10(13)5-8/h4-7,14H,1-3H3,(H,15,16). The highest BCUT2D eigenvalue weighted by atomic mass is 79.9. The Balaban J connectivity index is 3.32. The maximum absolute atomic E-state index is 10.9. The van der Waals surface area contributed by atoms with E-state index in [4.69, 9.17) is 5.11 Å². The number of halogens is 1. The summed E-state index contributed by atoms with van der Waals surface area (Å²) in [7, 11) is 0. The summed E-state index contributed by atoms with van der Waals surface area (Å²) in [5, 5.41) is 18.8. The van der Waals surface area contributed by atoms with E-state index in [0.717, 1.165) is 5.56 Å². The van der Waals surface area contributed by atoms with Crippen molar-refractivity contribution in [1.29, 1.82) is 0 Å². The third-order valence-corrected chi connectivity index (χ3v) is 3.22. The Morgan fingerprint density at radius 3 is 2.31 bits per heavy atom. The van der Waals surface area contributed by atoms with Gasteiger partial charge in [0.15, 0.2) is 0 Å². The first-order chi connectivity index (χ1) is 7.34. The number of carboxylic acids is 1. The summed E-state index contributed by atoms with van der Waals surface area (Å²) in [4.78, 5) is 10.9. The minimum atomic E-state index is -0.942. The van der Waals surface area contributed by atoms with Crippen LogP contribution in [-0.2, 0) is 4.79 Å². The number of aliphatic carboxylic acids is 1. The van der Waals surface area contributed by atoms with E-state index in [1.54, 1.807) is 13.0 Å². The number of benzene rings is 1. The third-order valence-electron chi connectivity index (χ3n) is 2.62. The second-order valence-corrected chi connectivity index (χ2v) is 5.01. The van der Waals surface area contributed by atoms with Gasteiger partial charge in [-0.15, -0.1) is 0 Å². The lowest BCUT2D eigenvalue weighted by molar-refractivity contribution is -0.138. The number of aromatic hydroxyl groups is 1. The van der Waals surface area contributed by atoms with E-state index in [0.29, 0.717) is 10.0 Å². The Kier molecular flexibility index (Phi) is 3.97. The smallest absolute Gasteiger partial charge is 0.310 e. The predicted molar refractivity (Wildman–Crippen MR) is 65.9 cm³/mol. The molecular weight excluding hydrogens is 272 g/mol. The maximum Gasteiger partial charge on any atom is 0.310 e. The summed E-state index contributed by atoms with van der Waals surface area (Å²) in [6.45, 7) is 5.61. The van der Waals surface area contributed by atoms with E-state index in [9.17, 15) is 9.90 Å². The molecule has 1 atom stereocenters. The van der Waals surface area contributed by atoms with E-state index in [-0.39, 0.29) is 11.7 Å². The molecule has 1 unspecified atom stereocenters. The highest BCUT2D eigenvalue weighted by molar-refractivity contribution is 9.10. The number of hydrogen-bond acceptors (Lipinski definition) is 2. The van der Waals surface area contributed by atoms with Crippen molar-refractivity contribution in [2.45, 2.75) is 32.6 Å². The van der Waals surface area contributed by atoms with E-state index in [1.165, 1.54) is 0 Å². The number of carbonyl (C=O) groups is 1. The minimum absolute atomic E-state index is 0.0132. The van der Waals surface area contributed by atoms with Crippen LogP contribution in [-0.4, -0.2) is 16.2 Å². The van der Waals surface area contributed by atoms with Crippen molar-refractivity contribution in [3.63, 3.8) is 0 Å². The zero-order valence-corrected chi connectivity index (χ0v) is 11.1. The number of rotatable bonds is 3. The number of phenols is 1. The Morgan fingerprint density at radius 2 is 1.88 bits per heavy atom. The van der Waals surface area contributed by atoms with Crippen LogP contribution in [0.2, 0.25) is 0 Å². The van der Waals surface area contributed by atoms with Gasteiger partial charge in [0.1, 0.15) is 5.75 Å². The normalized spacial score (nSPS) is 12.8. The fourth-order valence-corrected chi connectivity index (χ4v) is 1.93. The molecule has 4 heteroatoms. The topological polar surface area (TPSA) is 57.5 Å². The summed E-state index contributed by atoms with van der Waals surface area (Å²) in [5.74, 6) is -1.35. The van der Waals surface area contributed by atoms with Crippen LogP contribution in [0, 0.1) is 0 Å². The third kappa shape index (κ3) is 2.55. The van der Waals surface area contributed by atoms with Gasteiger partial charge in [-0.1, -0.05) is 19.9 Å². The van der Waals surface area contributed by atoms with Crippen LogP contribution in [0.25, 0.3) is 0 Å². The molecule has 0 aliphatic heterocycles. The molecule has 0 saturated carbocycles. The van der Waals surface area contributed by atoms with Crippen molar-refractivity contribution in [3.8, 4) is 5.75 Å². The molecule has 0 aromatic heterocycles. The van der Waals surface area contributed by atoms with Gasteiger partial charge >= 0.3 is 5.97 Å². The molecule has 0 amide bonds. The van der Waals surface area contributed by atoms with Gasteiger partial charge in [-0.2, -0.15) is 0 Å². The van der Waals surface area contributed by atoms with Crippen LogP contribution in [0.4, 0.5) is 0 Å². The molecule has 0 aliphatic carbocycles. The average Bonchev–Trinajstić information content (AvgIpc) is 2.20. The lowest BCUT2D eigenvalue weighted by Gasteiger charge is -2.14. The molecule has 0 fully saturated rings. The first kappa shape index (κ1) is 13.0. The van der Waals surface area contributed by atoms with Gasteiger partial charge in [-0.05, 0) is 40.4 Å². The van der Waals surface area contributed by atoms with E-state index in [1.807, 2.05) is 19.9 Å². The lowest BCUT2D eigenvalue weighted by Crippen LogP contribution is -2.08. The molecule has 0 heterocycles. The summed E-state index contributed by atoms with van der Waals surface area (Å²) < 4.78 is 0.543. The molecular formula is C12H15BrO3. The summed E-state index contributed by atoms with van der Waals surface area (Å²) >= 11 is 3.24. The fraction of sp³-hybridized carbons (Fsp3) is 0.417. The van der Waals surface area contributed by atoms with Crippen molar-refractivity contribution in [2.75, 3.05) is 0 Å². The second kappa shape index (κ2) is 4.87. The zero-order valence-electron chi connectivity index (χ0n) is 9.49. The van der Waals surface area contributed by atoms with Crippen LogP contribution in [0.15, 0.2) is 16.6 Å². The molecule has 1 aromatic carbocycles. The van der Waals surface area contributed by atoms with Gasteiger partial charge in [-0.3, -0.25) is 4.79 Å². The summed E-state index contributed by atoms with van der Waals surface area (Å²) in [6.07, 6.45) is 0. The Bertz CT molecular complexity index is 413. The fourth-order valence-electron chi connectivity index (χ4n) is 1.44. The monoisotopic (exact) mass is 286 g/mol. The summed E-state index contributed by atoms with van der Waals surface area (Å²) in [6, 6.07) is 3.57. The van der Waals surface area contributed by atoms with Gasteiger partial charge < -0.3 is 10.2 Å². The average molecular weight is 287 g/mol. The van der Waals surface area contributed by atoms with E-state index in [2.05, 4.69) is 15.9 Å². The van der Waals surface area contributed by atoms with Gasteiger partial charge in [0, 0.05) is 5.56 Å². The van der Waals surface area contributed by atoms with Crippen LogP contribution in [0.3, 0.4) is 0 Å². The Hall–Kier alpha value is -1.03. The van der Waals surface area contributed by atoms with Gasteiger partial charge in [0.05, 0.1) is 10.4 Å². The Morgan fingerprint density at radius 1 is 1.31 bits per heavy atom. The molecule has 0 radical (unpaired) electrons. The van der Waals surface area contributed by atoms with Crippen LogP contribution >= 0.6 is 15.9 Å². The molecule has 16 heavy (non-hydrogen) atoms. The first-order valence-corrected chi connectivity index (χ1v) is 5.89. The van der Waals surface area contributed by atoms with Crippen molar-refractivity contribution >= 4 is 21.9 Å². The lowest BCUT2D eigenvalue weighted by atomic mass is 9.94. The minimum Gasteiger partial charge on any atom is -0.506 e. The quantitative estimate of drug-likeness (QED) is 0.895. The highest BCUT2D eigenvalue weighted by Gasteiger charge is 2.20. The van der Waals surface area contributed by atoms with Crippen LogP contribution < -0.4 is 0 Å². The number of carboxylic acid groups (broad SMARTS) is 1. The highest BCUT2D eigenvalue weighted by Crippen LogP contribution is 2.36. The van der Waals surface area contributed by atoms with Crippen LogP contribution in [0.1, 0.15) is 43.7 Å². The molecule has 0 saturated heterocycles. The van der Waals surface area contributed by atoms with Gasteiger partial charge in [0.2, 0.25) is 0 Å². The molecule has 1 aromatic rings. The number of phenolic OH excluding ortho intramolecular Hbond substituents is 1.